The van der Waals surface area contributed by atoms with E-state index in [2.05, 4.69) is 25.7 Å². The molecule has 0 aliphatic heterocycles. The number of unbranched alkanes of at least 4 members (excludes halogenated alkanes) is 23. The monoisotopic (exact) mass is 710 g/mol. The number of ether oxygens (including phenoxy) is 2. The largest absolute Gasteiger partial charge is 0.466 e. The van der Waals surface area contributed by atoms with Crippen molar-refractivity contribution in [2.75, 3.05) is 32.8 Å². The predicted octanol–water partition coefficient (Wildman–Crippen LogP) is 12.7. The Balaban J connectivity index is 4.09. The molecule has 0 aliphatic rings. The van der Waals surface area contributed by atoms with E-state index >= 15 is 0 Å². The number of aliphatic hydroxyl groups is 1. The smallest absolute Gasteiger partial charge is 0.306 e. The topological polar surface area (TPSA) is 76.1 Å². The van der Waals surface area contributed by atoms with Gasteiger partial charge in [-0.15, -0.1) is 0 Å². The Bertz CT molecular complexity index is 686. The zero-order chi connectivity index (χ0) is 36.6. The molecule has 0 unspecified atom stereocenters. The summed E-state index contributed by atoms with van der Waals surface area (Å²) in [5, 5.41) is 9.39. The van der Waals surface area contributed by atoms with E-state index in [-0.39, 0.29) is 24.6 Å². The Hall–Kier alpha value is -1.14. The summed E-state index contributed by atoms with van der Waals surface area (Å²) in [5.41, 5.74) is 0. The number of aliphatic hydroxyl groups excluding tert-OH is 1. The van der Waals surface area contributed by atoms with Crippen LogP contribution < -0.4 is 0 Å². The zero-order valence-electron chi connectivity index (χ0n) is 34.0. The van der Waals surface area contributed by atoms with Gasteiger partial charge in [0.1, 0.15) is 6.10 Å². The van der Waals surface area contributed by atoms with Gasteiger partial charge in [-0.3, -0.25) is 9.59 Å². The van der Waals surface area contributed by atoms with Crippen molar-refractivity contribution in [1.82, 2.24) is 4.90 Å². The number of hydrogen-bond donors (Lipinski definition) is 1. The zero-order valence-corrected chi connectivity index (χ0v) is 34.0. The van der Waals surface area contributed by atoms with Crippen molar-refractivity contribution in [2.45, 2.75) is 239 Å². The van der Waals surface area contributed by atoms with E-state index in [9.17, 15) is 14.7 Å². The van der Waals surface area contributed by atoms with E-state index < -0.39 is 0 Å². The van der Waals surface area contributed by atoms with Gasteiger partial charge in [0.25, 0.3) is 0 Å². The number of hydrogen-bond acceptors (Lipinski definition) is 6. The van der Waals surface area contributed by atoms with Crippen LogP contribution in [0.1, 0.15) is 233 Å². The summed E-state index contributed by atoms with van der Waals surface area (Å²) in [5.74, 6) is -0.0411. The van der Waals surface area contributed by atoms with Crippen LogP contribution >= 0.6 is 0 Å². The van der Waals surface area contributed by atoms with Crippen LogP contribution in [0.2, 0.25) is 0 Å². The van der Waals surface area contributed by atoms with Crippen LogP contribution in [0.4, 0.5) is 0 Å². The molecule has 50 heavy (non-hydrogen) atoms. The summed E-state index contributed by atoms with van der Waals surface area (Å²) in [6.45, 7) is 10.5. The fourth-order valence-electron chi connectivity index (χ4n) is 6.85. The molecule has 0 aromatic rings. The van der Waals surface area contributed by atoms with Gasteiger partial charge in [0.2, 0.25) is 0 Å². The van der Waals surface area contributed by atoms with Crippen molar-refractivity contribution in [2.24, 2.45) is 0 Å². The molecule has 0 saturated heterocycles. The minimum Gasteiger partial charge on any atom is -0.466 e. The van der Waals surface area contributed by atoms with Crippen LogP contribution in [0.5, 0.6) is 0 Å². The van der Waals surface area contributed by atoms with E-state index in [1.165, 1.54) is 128 Å². The van der Waals surface area contributed by atoms with Crippen molar-refractivity contribution < 1.29 is 24.2 Å². The highest BCUT2D eigenvalue weighted by atomic mass is 16.5. The first kappa shape index (κ1) is 48.9. The molecule has 0 aromatic heterocycles. The molecule has 0 heterocycles. The fraction of sp³-hybridized carbons (Fsp3) is 0.955. The maximum absolute atomic E-state index is 12.8. The highest BCUT2D eigenvalue weighted by Crippen LogP contribution is 2.18. The molecule has 0 fully saturated rings. The molecule has 0 aromatic carbocycles. The van der Waals surface area contributed by atoms with Crippen molar-refractivity contribution in [3.63, 3.8) is 0 Å². The molecule has 0 saturated carbocycles. The number of carbonyl (C=O) groups excluding carboxylic acids is 2. The highest BCUT2D eigenvalue weighted by molar-refractivity contribution is 5.69. The summed E-state index contributed by atoms with van der Waals surface area (Å²) >= 11 is 0. The van der Waals surface area contributed by atoms with Gasteiger partial charge in [-0.25, -0.2) is 0 Å². The van der Waals surface area contributed by atoms with Gasteiger partial charge in [0.05, 0.1) is 6.61 Å². The van der Waals surface area contributed by atoms with Gasteiger partial charge < -0.3 is 19.5 Å². The minimum atomic E-state index is -0.0378. The Morgan fingerprint density at radius 1 is 0.460 bits per heavy atom. The second-order valence-corrected chi connectivity index (χ2v) is 15.2. The van der Waals surface area contributed by atoms with Gasteiger partial charge in [0, 0.05) is 26.0 Å². The van der Waals surface area contributed by atoms with Crippen LogP contribution in [0.3, 0.4) is 0 Å². The Labute approximate surface area is 312 Å². The summed E-state index contributed by atoms with van der Waals surface area (Å²) in [4.78, 5) is 27.3. The molecule has 298 valence electrons. The predicted molar refractivity (Wildman–Crippen MR) is 214 cm³/mol. The molecular weight excluding hydrogens is 622 g/mol. The SMILES string of the molecule is CCCCCCCCCCCOC(=O)CCCCCCN(CCCO)CCCCCC(=O)OC(CCCCCCCC)CCCCCCCC. The third-order valence-corrected chi connectivity index (χ3v) is 10.2. The number of esters is 2. The lowest BCUT2D eigenvalue weighted by atomic mass is 10.0. The second kappa shape index (κ2) is 40.6. The Kier molecular flexibility index (Phi) is 39.7. The highest BCUT2D eigenvalue weighted by Gasteiger charge is 2.14. The van der Waals surface area contributed by atoms with E-state index in [0.29, 0.717) is 19.4 Å². The molecule has 0 bridgehead atoms. The molecule has 0 radical (unpaired) electrons. The maximum atomic E-state index is 12.8. The third-order valence-electron chi connectivity index (χ3n) is 10.2. The van der Waals surface area contributed by atoms with Crippen LogP contribution in [0.15, 0.2) is 0 Å². The molecule has 0 atom stereocenters. The van der Waals surface area contributed by atoms with Gasteiger partial charge >= 0.3 is 11.9 Å². The summed E-state index contributed by atoms with van der Waals surface area (Å²) in [6, 6.07) is 0. The second-order valence-electron chi connectivity index (χ2n) is 15.2. The summed E-state index contributed by atoms with van der Waals surface area (Å²) in [6.07, 6.45) is 38.0. The third kappa shape index (κ3) is 36.6. The number of carbonyl (C=O) groups is 2. The molecule has 6 nitrogen and oxygen atoms in total. The van der Waals surface area contributed by atoms with Gasteiger partial charge in [-0.2, -0.15) is 0 Å². The van der Waals surface area contributed by atoms with E-state index in [0.717, 1.165) is 90.3 Å². The van der Waals surface area contributed by atoms with Gasteiger partial charge in [-0.1, -0.05) is 156 Å². The first-order valence-corrected chi connectivity index (χ1v) is 22.3. The van der Waals surface area contributed by atoms with Crippen LogP contribution in [-0.4, -0.2) is 60.9 Å². The first-order chi connectivity index (χ1) is 24.6. The Morgan fingerprint density at radius 2 is 0.840 bits per heavy atom. The van der Waals surface area contributed by atoms with Crippen LogP contribution in [0.25, 0.3) is 0 Å². The molecule has 6 heteroatoms. The lowest BCUT2D eigenvalue weighted by molar-refractivity contribution is -0.150. The van der Waals surface area contributed by atoms with E-state index in [1.807, 2.05) is 0 Å². The van der Waals surface area contributed by atoms with Gasteiger partial charge in [0.15, 0.2) is 0 Å². The average molecular weight is 710 g/mol. The van der Waals surface area contributed by atoms with Crippen molar-refractivity contribution in [3.05, 3.63) is 0 Å². The standard InChI is InChI=1S/C44H87NO5/c1-4-7-10-13-16-17-18-23-31-41-49-43(47)35-27-21-22-29-37-45(39-32-40-46)38-30-24-28-36-44(48)50-42(33-25-19-14-11-8-5-2)34-26-20-15-12-9-6-3/h42,46H,4-41H2,1-3H3. The molecule has 1 N–H and O–H groups in total. The van der Waals surface area contributed by atoms with E-state index in [4.69, 9.17) is 9.47 Å². The number of rotatable bonds is 41. The summed E-state index contributed by atoms with van der Waals surface area (Å²) in [7, 11) is 0. The lowest BCUT2D eigenvalue weighted by Gasteiger charge is -2.22. The number of nitrogens with zero attached hydrogens (tertiary/aromatic N) is 1. The molecule has 0 spiro atoms. The molecular formula is C44H87NO5. The first-order valence-electron chi connectivity index (χ1n) is 22.3. The molecule has 0 amide bonds. The normalized spacial score (nSPS) is 11.6. The van der Waals surface area contributed by atoms with Crippen LogP contribution in [0, 0.1) is 0 Å². The lowest BCUT2D eigenvalue weighted by Crippen LogP contribution is -2.28. The van der Waals surface area contributed by atoms with E-state index in [1.54, 1.807) is 0 Å². The Morgan fingerprint density at radius 3 is 1.34 bits per heavy atom. The quantitative estimate of drug-likeness (QED) is 0.0503. The molecule has 0 rings (SSSR count). The van der Waals surface area contributed by atoms with Crippen molar-refractivity contribution >= 4 is 11.9 Å². The fourth-order valence-corrected chi connectivity index (χ4v) is 6.85. The van der Waals surface area contributed by atoms with Gasteiger partial charge in [-0.05, 0) is 77.3 Å². The van der Waals surface area contributed by atoms with Crippen molar-refractivity contribution in [1.29, 1.82) is 0 Å². The minimum absolute atomic E-state index is 0.00326. The maximum Gasteiger partial charge on any atom is 0.306 e. The van der Waals surface area contributed by atoms with Crippen molar-refractivity contribution in [3.8, 4) is 0 Å². The average Bonchev–Trinajstić information content (AvgIpc) is 3.11. The molecule has 0 aliphatic carbocycles. The summed E-state index contributed by atoms with van der Waals surface area (Å²) < 4.78 is 11.5. The van der Waals surface area contributed by atoms with Crippen LogP contribution in [-0.2, 0) is 19.1 Å².